The highest BCUT2D eigenvalue weighted by Gasteiger charge is 2.14. The summed E-state index contributed by atoms with van der Waals surface area (Å²) in [5, 5.41) is 4.73. The van der Waals surface area contributed by atoms with Crippen LogP contribution in [0.3, 0.4) is 0 Å². The van der Waals surface area contributed by atoms with Gasteiger partial charge in [0, 0.05) is 5.69 Å². The molecule has 0 heterocycles. The Bertz CT molecular complexity index is 939. The van der Waals surface area contributed by atoms with E-state index < -0.39 is 24.5 Å². The van der Waals surface area contributed by atoms with Crippen molar-refractivity contribution in [2.75, 3.05) is 18.5 Å². The Labute approximate surface area is 169 Å². The summed E-state index contributed by atoms with van der Waals surface area (Å²) in [7, 11) is 0. The third-order valence-electron chi connectivity index (χ3n) is 4.90. The summed E-state index contributed by atoms with van der Waals surface area (Å²) in [4.78, 5) is 35.5. The predicted molar refractivity (Wildman–Crippen MR) is 108 cm³/mol. The van der Waals surface area contributed by atoms with Crippen molar-refractivity contribution < 1.29 is 23.9 Å². The van der Waals surface area contributed by atoms with Crippen LogP contribution < -0.4 is 15.4 Å². The summed E-state index contributed by atoms with van der Waals surface area (Å²) >= 11 is 0. The number of hydrogen-bond donors (Lipinski definition) is 2. The van der Waals surface area contributed by atoms with Gasteiger partial charge in [0.05, 0.1) is 0 Å². The molecule has 0 fully saturated rings. The minimum absolute atomic E-state index is 0.305. The number of esters is 1. The van der Waals surface area contributed by atoms with Crippen LogP contribution in [0.1, 0.15) is 28.7 Å². The second-order valence-corrected chi connectivity index (χ2v) is 6.98. The molecular weight excluding hydrogens is 372 g/mol. The van der Waals surface area contributed by atoms with Crippen molar-refractivity contribution in [2.24, 2.45) is 0 Å². The van der Waals surface area contributed by atoms with Crippen molar-refractivity contribution >= 4 is 23.6 Å². The van der Waals surface area contributed by atoms with Gasteiger partial charge in [0.2, 0.25) is 0 Å². The van der Waals surface area contributed by atoms with Gasteiger partial charge in [-0.3, -0.25) is 10.1 Å². The van der Waals surface area contributed by atoms with E-state index in [1.54, 1.807) is 6.07 Å². The number of aryl methyl sites for hydroxylation is 3. The zero-order valence-corrected chi connectivity index (χ0v) is 16.5. The average Bonchev–Trinajstić information content (AvgIpc) is 3.16. The standard InChI is InChI=1S/C22H24N2O5/c1-14-5-3-8-19(15(14)2)23-22(27)24-20(25)12-29-21(26)13-28-18-10-9-16-6-4-7-17(16)11-18/h3,5,8-11H,4,6-7,12-13H2,1-2H3,(H2,23,24,25,27). The second kappa shape index (κ2) is 9.23. The van der Waals surface area contributed by atoms with Crippen LogP contribution in [0.15, 0.2) is 36.4 Å². The molecule has 7 heteroatoms. The van der Waals surface area contributed by atoms with Gasteiger partial charge in [0.25, 0.3) is 5.91 Å². The fourth-order valence-electron chi connectivity index (χ4n) is 3.17. The number of hydrogen-bond acceptors (Lipinski definition) is 5. The molecular formula is C22H24N2O5. The molecule has 152 valence electrons. The molecule has 2 N–H and O–H groups in total. The van der Waals surface area contributed by atoms with E-state index in [9.17, 15) is 14.4 Å². The normalized spacial score (nSPS) is 12.1. The van der Waals surface area contributed by atoms with Gasteiger partial charge in [-0.15, -0.1) is 0 Å². The molecule has 0 bridgehead atoms. The zero-order valence-electron chi connectivity index (χ0n) is 16.5. The van der Waals surface area contributed by atoms with E-state index in [-0.39, 0.29) is 6.61 Å². The van der Waals surface area contributed by atoms with Crippen molar-refractivity contribution in [1.82, 2.24) is 5.32 Å². The Morgan fingerprint density at radius 3 is 2.62 bits per heavy atom. The van der Waals surface area contributed by atoms with Crippen LogP contribution in [0.2, 0.25) is 0 Å². The van der Waals surface area contributed by atoms with Gasteiger partial charge < -0.3 is 14.8 Å². The summed E-state index contributed by atoms with van der Waals surface area (Å²) in [5.41, 5.74) is 5.09. The first-order chi connectivity index (χ1) is 13.9. The Hall–Kier alpha value is -3.35. The number of rotatable bonds is 6. The maximum absolute atomic E-state index is 11.9. The number of ether oxygens (including phenoxy) is 2. The van der Waals surface area contributed by atoms with E-state index in [2.05, 4.69) is 10.6 Å². The first-order valence-corrected chi connectivity index (χ1v) is 9.49. The summed E-state index contributed by atoms with van der Waals surface area (Å²) < 4.78 is 10.3. The molecule has 0 saturated heterocycles. The number of imide groups is 1. The molecule has 3 rings (SSSR count). The van der Waals surface area contributed by atoms with Gasteiger partial charge in [-0.2, -0.15) is 0 Å². The number of anilines is 1. The third-order valence-corrected chi connectivity index (χ3v) is 4.90. The van der Waals surface area contributed by atoms with E-state index in [1.807, 2.05) is 44.2 Å². The van der Waals surface area contributed by atoms with Crippen molar-refractivity contribution in [1.29, 1.82) is 0 Å². The minimum Gasteiger partial charge on any atom is -0.482 e. The fraction of sp³-hybridized carbons (Fsp3) is 0.318. The summed E-state index contributed by atoms with van der Waals surface area (Å²) in [6, 6.07) is 10.5. The van der Waals surface area contributed by atoms with Crippen LogP contribution in [0, 0.1) is 13.8 Å². The Morgan fingerprint density at radius 2 is 1.79 bits per heavy atom. The smallest absolute Gasteiger partial charge is 0.344 e. The first-order valence-electron chi connectivity index (χ1n) is 9.49. The van der Waals surface area contributed by atoms with Crippen molar-refractivity contribution in [3.05, 3.63) is 58.7 Å². The number of fused-ring (bicyclic) bond motifs is 1. The third kappa shape index (κ3) is 5.57. The fourth-order valence-corrected chi connectivity index (χ4v) is 3.17. The monoisotopic (exact) mass is 396 g/mol. The quantitative estimate of drug-likeness (QED) is 0.732. The maximum atomic E-state index is 11.9. The van der Waals surface area contributed by atoms with E-state index in [0.29, 0.717) is 11.4 Å². The lowest BCUT2D eigenvalue weighted by molar-refractivity contribution is -0.150. The number of benzene rings is 2. The number of carbonyl (C=O) groups is 3. The Balaban J connectivity index is 1.39. The van der Waals surface area contributed by atoms with Gasteiger partial charge in [0.1, 0.15) is 5.75 Å². The number of carbonyl (C=O) groups excluding carboxylic acids is 3. The Kier molecular flexibility index (Phi) is 6.49. The van der Waals surface area contributed by atoms with Crippen LogP contribution in [-0.2, 0) is 27.2 Å². The molecule has 0 saturated carbocycles. The topological polar surface area (TPSA) is 93.7 Å². The molecule has 0 spiro atoms. The maximum Gasteiger partial charge on any atom is 0.344 e. The zero-order chi connectivity index (χ0) is 20.8. The molecule has 0 aromatic heterocycles. The number of nitrogens with one attached hydrogen (secondary N) is 2. The molecule has 3 amide bonds. The lowest BCUT2D eigenvalue weighted by Gasteiger charge is -2.11. The molecule has 0 radical (unpaired) electrons. The second-order valence-electron chi connectivity index (χ2n) is 6.98. The Morgan fingerprint density at radius 1 is 1.00 bits per heavy atom. The minimum atomic E-state index is -0.723. The van der Waals surface area contributed by atoms with Gasteiger partial charge in [-0.25, -0.2) is 9.59 Å². The van der Waals surface area contributed by atoms with Gasteiger partial charge in [-0.05, 0) is 73.6 Å². The molecule has 1 aliphatic carbocycles. The molecule has 0 unspecified atom stereocenters. The number of amides is 3. The summed E-state index contributed by atoms with van der Waals surface area (Å²) in [5.74, 6) is -0.811. The number of urea groups is 1. The van der Waals surface area contributed by atoms with Crippen molar-refractivity contribution in [2.45, 2.75) is 33.1 Å². The van der Waals surface area contributed by atoms with E-state index in [4.69, 9.17) is 9.47 Å². The predicted octanol–water partition coefficient (Wildman–Crippen LogP) is 3.06. The SMILES string of the molecule is Cc1cccc(NC(=O)NC(=O)COC(=O)COc2ccc3c(c2)CCC3)c1C. The highest BCUT2D eigenvalue weighted by atomic mass is 16.6. The van der Waals surface area contributed by atoms with Gasteiger partial charge in [-0.1, -0.05) is 18.2 Å². The molecule has 7 nitrogen and oxygen atoms in total. The van der Waals surface area contributed by atoms with E-state index in [1.165, 1.54) is 11.1 Å². The van der Waals surface area contributed by atoms with Crippen molar-refractivity contribution in [3.8, 4) is 5.75 Å². The lowest BCUT2D eigenvalue weighted by atomic mass is 10.1. The van der Waals surface area contributed by atoms with Crippen LogP contribution >= 0.6 is 0 Å². The molecule has 0 atom stereocenters. The van der Waals surface area contributed by atoms with E-state index in [0.717, 1.165) is 30.4 Å². The van der Waals surface area contributed by atoms with Crippen molar-refractivity contribution in [3.63, 3.8) is 0 Å². The molecule has 2 aromatic carbocycles. The molecule has 1 aliphatic rings. The van der Waals surface area contributed by atoms with Gasteiger partial charge >= 0.3 is 12.0 Å². The molecule has 29 heavy (non-hydrogen) atoms. The van der Waals surface area contributed by atoms with Crippen LogP contribution in [-0.4, -0.2) is 31.1 Å². The summed E-state index contributed by atoms with van der Waals surface area (Å²) in [6.45, 7) is 2.93. The highest BCUT2D eigenvalue weighted by Crippen LogP contribution is 2.26. The largest absolute Gasteiger partial charge is 0.482 e. The van der Waals surface area contributed by atoms with Gasteiger partial charge in [0.15, 0.2) is 13.2 Å². The van der Waals surface area contributed by atoms with Crippen LogP contribution in [0.25, 0.3) is 0 Å². The first kappa shape index (κ1) is 20.4. The molecule has 0 aliphatic heterocycles. The van der Waals surface area contributed by atoms with Crippen LogP contribution in [0.4, 0.5) is 10.5 Å². The van der Waals surface area contributed by atoms with E-state index >= 15 is 0 Å². The average molecular weight is 396 g/mol. The lowest BCUT2D eigenvalue weighted by Crippen LogP contribution is -2.37. The summed E-state index contributed by atoms with van der Waals surface area (Å²) in [6.07, 6.45) is 3.22. The highest BCUT2D eigenvalue weighted by molar-refractivity contribution is 6.02. The van der Waals surface area contributed by atoms with Crippen LogP contribution in [0.5, 0.6) is 5.75 Å². The molecule has 2 aromatic rings.